The summed E-state index contributed by atoms with van der Waals surface area (Å²) in [7, 11) is -3.87. The number of hydrogen-bond donors (Lipinski definition) is 2. The van der Waals surface area contributed by atoms with Gasteiger partial charge < -0.3 is 5.32 Å². The molecule has 0 saturated heterocycles. The van der Waals surface area contributed by atoms with E-state index < -0.39 is 10.0 Å². The van der Waals surface area contributed by atoms with Crippen LogP contribution in [0.4, 0.5) is 5.69 Å². The number of sulfonamides is 1. The molecule has 2 aromatic heterocycles. The van der Waals surface area contributed by atoms with Crippen LogP contribution in [0, 0.1) is 0 Å². The van der Waals surface area contributed by atoms with Crippen LogP contribution in [0.1, 0.15) is 16.2 Å². The van der Waals surface area contributed by atoms with Gasteiger partial charge in [-0.2, -0.15) is 5.10 Å². The molecular formula is C26H21N5O3S. The van der Waals surface area contributed by atoms with Crippen molar-refractivity contribution in [3.8, 4) is 11.1 Å². The SMILES string of the molecule is NS(=O)(=O)c1ccccc1-c1ccc(NC(=O)c2ccnn2Cc2ccc3ccccc3n2)cc1. The van der Waals surface area contributed by atoms with Crippen LogP contribution in [0.3, 0.4) is 0 Å². The van der Waals surface area contributed by atoms with Gasteiger partial charge in [0.25, 0.3) is 5.91 Å². The fourth-order valence-corrected chi connectivity index (χ4v) is 4.64. The zero-order chi connectivity index (χ0) is 24.4. The molecular weight excluding hydrogens is 462 g/mol. The number of benzene rings is 3. The maximum atomic E-state index is 13.0. The molecule has 8 nitrogen and oxygen atoms in total. The number of nitrogens with zero attached hydrogens (tertiary/aromatic N) is 3. The fraction of sp³-hybridized carbons (Fsp3) is 0.0385. The molecule has 2 heterocycles. The van der Waals surface area contributed by atoms with Gasteiger partial charge in [-0.05, 0) is 42.0 Å². The molecule has 9 heteroatoms. The smallest absolute Gasteiger partial charge is 0.273 e. The Labute approximate surface area is 202 Å². The number of nitrogens with two attached hydrogens (primary N) is 1. The quantitative estimate of drug-likeness (QED) is 0.378. The second-order valence-electron chi connectivity index (χ2n) is 7.94. The van der Waals surface area contributed by atoms with Gasteiger partial charge >= 0.3 is 0 Å². The normalized spacial score (nSPS) is 11.5. The Balaban J connectivity index is 1.34. The first-order valence-electron chi connectivity index (χ1n) is 10.8. The van der Waals surface area contributed by atoms with E-state index >= 15 is 0 Å². The minimum atomic E-state index is -3.87. The summed E-state index contributed by atoms with van der Waals surface area (Å²) >= 11 is 0. The van der Waals surface area contributed by atoms with E-state index in [-0.39, 0.29) is 10.8 Å². The van der Waals surface area contributed by atoms with Crippen molar-refractivity contribution in [2.75, 3.05) is 5.32 Å². The molecule has 0 aliphatic rings. The number of pyridine rings is 1. The summed E-state index contributed by atoms with van der Waals surface area (Å²) in [6.07, 6.45) is 1.57. The highest BCUT2D eigenvalue weighted by Crippen LogP contribution is 2.27. The Bertz CT molecular complexity index is 1640. The average molecular weight is 484 g/mol. The predicted molar refractivity (Wildman–Crippen MR) is 134 cm³/mol. The number of hydrogen-bond acceptors (Lipinski definition) is 5. The molecule has 5 rings (SSSR count). The molecule has 0 aliphatic carbocycles. The zero-order valence-corrected chi connectivity index (χ0v) is 19.3. The third-order valence-electron chi connectivity index (χ3n) is 5.56. The number of fused-ring (bicyclic) bond motifs is 1. The van der Waals surface area contributed by atoms with Crippen LogP contribution in [0.5, 0.6) is 0 Å². The van der Waals surface area contributed by atoms with Crippen molar-refractivity contribution in [1.29, 1.82) is 0 Å². The van der Waals surface area contributed by atoms with E-state index in [0.29, 0.717) is 29.1 Å². The molecule has 3 aromatic carbocycles. The molecule has 0 atom stereocenters. The van der Waals surface area contributed by atoms with Crippen molar-refractivity contribution in [3.05, 3.63) is 109 Å². The van der Waals surface area contributed by atoms with E-state index in [1.165, 1.54) is 6.07 Å². The van der Waals surface area contributed by atoms with Crippen molar-refractivity contribution in [3.63, 3.8) is 0 Å². The number of amides is 1. The highest BCUT2D eigenvalue weighted by Gasteiger charge is 2.16. The minimum Gasteiger partial charge on any atom is -0.321 e. The van der Waals surface area contributed by atoms with E-state index in [1.807, 2.05) is 36.4 Å². The highest BCUT2D eigenvalue weighted by molar-refractivity contribution is 7.89. The summed E-state index contributed by atoms with van der Waals surface area (Å²) in [5, 5.41) is 13.5. The number of aromatic nitrogens is 3. The Hall–Kier alpha value is -4.34. The maximum Gasteiger partial charge on any atom is 0.273 e. The lowest BCUT2D eigenvalue weighted by Crippen LogP contribution is -2.18. The third kappa shape index (κ3) is 4.81. The van der Waals surface area contributed by atoms with Crippen LogP contribution in [0.2, 0.25) is 0 Å². The van der Waals surface area contributed by atoms with Crippen LogP contribution in [0.25, 0.3) is 22.0 Å². The highest BCUT2D eigenvalue weighted by atomic mass is 32.2. The second kappa shape index (κ2) is 9.13. The van der Waals surface area contributed by atoms with E-state index in [9.17, 15) is 13.2 Å². The number of anilines is 1. The fourth-order valence-electron chi connectivity index (χ4n) is 3.88. The van der Waals surface area contributed by atoms with Gasteiger partial charge in [0.2, 0.25) is 10.0 Å². The van der Waals surface area contributed by atoms with Gasteiger partial charge in [-0.1, -0.05) is 54.6 Å². The van der Waals surface area contributed by atoms with Gasteiger partial charge in [0.15, 0.2) is 0 Å². The number of primary sulfonamides is 1. The molecule has 0 unspecified atom stereocenters. The molecule has 0 fully saturated rings. The van der Waals surface area contributed by atoms with E-state index in [4.69, 9.17) is 5.14 Å². The topological polar surface area (TPSA) is 120 Å². The molecule has 35 heavy (non-hydrogen) atoms. The maximum absolute atomic E-state index is 13.0. The Morgan fingerprint density at radius 1 is 0.886 bits per heavy atom. The van der Waals surface area contributed by atoms with Crippen LogP contribution >= 0.6 is 0 Å². The summed E-state index contributed by atoms with van der Waals surface area (Å²) in [6.45, 7) is 0.351. The third-order valence-corrected chi connectivity index (χ3v) is 6.53. The number of para-hydroxylation sites is 1. The van der Waals surface area contributed by atoms with E-state index in [0.717, 1.165) is 16.6 Å². The van der Waals surface area contributed by atoms with Gasteiger partial charge in [-0.3, -0.25) is 14.5 Å². The largest absolute Gasteiger partial charge is 0.321 e. The van der Waals surface area contributed by atoms with Crippen LogP contribution in [0.15, 0.2) is 102 Å². The first kappa shape index (κ1) is 22.5. The predicted octanol–water partition coefficient (Wildman–Crippen LogP) is 4.05. The second-order valence-corrected chi connectivity index (χ2v) is 9.47. The van der Waals surface area contributed by atoms with Gasteiger partial charge in [0.05, 0.1) is 22.7 Å². The summed E-state index contributed by atoms with van der Waals surface area (Å²) < 4.78 is 25.4. The van der Waals surface area contributed by atoms with Crippen molar-refractivity contribution >= 4 is 32.5 Å². The van der Waals surface area contributed by atoms with E-state index in [1.54, 1.807) is 59.4 Å². The number of carbonyl (C=O) groups is 1. The molecule has 3 N–H and O–H groups in total. The lowest BCUT2D eigenvalue weighted by Gasteiger charge is -2.11. The standard InChI is InChI=1S/C26H21N5O3S/c27-35(33,34)25-8-4-2-6-22(25)18-9-12-20(13-10-18)30-26(32)24-15-16-28-31(24)17-21-14-11-19-5-1-3-7-23(19)29-21/h1-16H,17H2,(H,30,32)(H2,27,33,34). The molecule has 0 saturated carbocycles. The molecule has 5 aromatic rings. The summed E-state index contributed by atoms with van der Waals surface area (Å²) in [4.78, 5) is 17.6. The summed E-state index contributed by atoms with van der Waals surface area (Å²) in [6, 6.07) is 26.8. The molecule has 0 aliphatic heterocycles. The van der Waals surface area contributed by atoms with Gasteiger partial charge in [0.1, 0.15) is 5.69 Å². The van der Waals surface area contributed by atoms with E-state index in [2.05, 4.69) is 15.4 Å². The molecule has 0 radical (unpaired) electrons. The number of nitrogens with one attached hydrogen (secondary N) is 1. The Morgan fingerprint density at radius 2 is 1.63 bits per heavy atom. The summed E-state index contributed by atoms with van der Waals surface area (Å²) in [5.41, 5.74) is 3.78. The zero-order valence-electron chi connectivity index (χ0n) is 18.5. The minimum absolute atomic E-state index is 0.0444. The Kier molecular flexibility index (Phi) is 5.86. The monoisotopic (exact) mass is 483 g/mol. The van der Waals surface area contributed by atoms with Crippen LogP contribution in [-0.2, 0) is 16.6 Å². The van der Waals surface area contributed by atoms with Crippen molar-refractivity contribution in [1.82, 2.24) is 14.8 Å². The number of carbonyl (C=O) groups excluding carboxylic acids is 1. The van der Waals surface area contributed by atoms with Crippen LogP contribution in [-0.4, -0.2) is 29.1 Å². The molecule has 0 spiro atoms. The van der Waals surface area contributed by atoms with Crippen molar-refractivity contribution in [2.45, 2.75) is 11.4 Å². The van der Waals surface area contributed by atoms with Crippen molar-refractivity contribution in [2.24, 2.45) is 5.14 Å². The first-order chi connectivity index (χ1) is 16.9. The Morgan fingerprint density at radius 3 is 2.43 bits per heavy atom. The first-order valence-corrected chi connectivity index (χ1v) is 12.3. The van der Waals surface area contributed by atoms with Gasteiger partial charge in [-0.15, -0.1) is 0 Å². The lowest BCUT2D eigenvalue weighted by molar-refractivity contribution is 0.101. The molecule has 1 amide bonds. The van der Waals surface area contributed by atoms with Gasteiger partial charge in [0, 0.05) is 22.8 Å². The average Bonchev–Trinajstić information content (AvgIpc) is 3.32. The van der Waals surface area contributed by atoms with Crippen molar-refractivity contribution < 1.29 is 13.2 Å². The van der Waals surface area contributed by atoms with Crippen LogP contribution < -0.4 is 10.5 Å². The molecule has 174 valence electrons. The number of rotatable bonds is 6. The van der Waals surface area contributed by atoms with Gasteiger partial charge in [-0.25, -0.2) is 13.6 Å². The molecule has 0 bridgehead atoms. The lowest BCUT2D eigenvalue weighted by atomic mass is 10.1. The summed E-state index contributed by atoms with van der Waals surface area (Å²) in [5.74, 6) is -0.319.